The van der Waals surface area contributed by atoms with Gasteiger partial charge in [-0.1, -0.05) is 6.07 Å². The predicted molar refractivity (Wildman–Crippen MR) is 92.8 cm³/mol. The van der Waals surface area contributed by atoms with Crippen LogP contribution in [0.15, 0.2) is 36.4 Å². The van der Waals surface area contributed by atoms with Crippen LogP contribution in [0.2, 0.25) is 0 Å². The Bertz CT molecular complexity index is 1020. The first-order chi connectivity index (χ1) is 13.8. The highest BCUT2D eigenvalue weighted by atomic mass is 19.4. The zero-order valence-corrected chi connectivity index (χ0v) is 14.8. The first kappa shape index (κ1) is 19.0. The normalized spacial score (nSPS) is 20.8. The van der Waals surface area contributed by atoms with E-state index in [-0.39, 0.29) is 17.2 Å². The summed E-state index contributed by atoms with van der Waals surface area (Å²) in [4.78, 5) is 34.3. The third-order valence-corrected chi connectivity index (χ3v) is 5.01. The lowest BCUT2D eigenvalue weighted by molar-refractivity contribution is -0.137. The van der Waals surface area contributed by atoms with Gasteiger partial charge in [0, 0.05) is 5.92 Å². The molecule has 0 radical (unpaired) electrons. The average molecular weight is 405 g/mol. The molecule has 2 aromatic rings. The van der Waals surface area contributed by atoms with Crippen LogP contribution in [0.1, 0.15) is 39.4 Å². The van der Waals surface area contributed by atoms with Crippen LogP contribution in [-0.2, 0) is 22.1 Å². The first-order valence-corrected chi connectivity index (χ1v) is 8.75. The Kier molecular flexibility index (Phi) is 4.52. The third kappa shape index (κ3) is 3.55. The van der Waals surface area contributed by atoms with Crippen molar-refractivity contribution in [1.82, 2.24) is 5.32 Å². The van der Waals surface area contributed by atoms with Crippen molar-refractivity contribution in [3.8, 4) is 11.5 Å². The van der Waals surface area contributed by atoms with Crippen molar-refractivity contribution >= 4 is 18.3 Å². The number of alkyl halides is 3. The van der Waals surface area contributed by atoms with Gasteiger partial charge in [-0.25, -0.2) is 4.79 Å². The van der Waals surface area contributed by atoms with Gasteiger partial charge in [0.2, 0.25) is 0 Å². The second-order valence-electron chi connectivity index (χ2n) is 6.79. The second kappa shape index (κ2) is 6.91. The van der Waals surface area contributed by atoms with Crippen molar-refractivity contribution in [2.75, 3.05) is 0 Å². The Morgan fingerprint density at radius 3 is 2.59 bits per heavy atom. The number of rotatable bonds is 4. The zero-order valence-electron chi connectivity index (χ0n) is 14.8. The van der Waals surface area contributed by atoms with Crippen LogP contribution in [0, 0.1) is 0 Å². The second-order valence-corrected chi connectivity index (χ2v) is 6.79. The molecule has 1 aliphatic carbocycles. The molecule has 2 amide bonds. The smallest absolute Gasteiger partial charge is 0.416 e. The molecule has 2 atom stereocenters. The molecule has 1 aliphatic heterocycles. The highest BCUT2D eigenvalue weighted by molar-refractivity contribution is 6.00. The van der Waals surface area contributed by atoms with Crippen LogP contribution >= 0.6 is 0 Å². The van der Waals surface area contributed by atoms with E-state index in [0.717, 1.165) is 29.3 Å². The standard InChI is InChI=1S/C20H14F3NO5/c21-20(22,23)12-2-6-16(11(7-12)9-25)28-13-3-5-14-10(8-13)1-4-15(14)17-18(26)24-19(27)29-17/h2-3,5-9,15,17H,1,4H2,(H,24,26,27)/t15-,17?/m1/s1. The molecule has 0 spiro atoms. The number of carbonyl (C=O) groups is 3. The van der Waals surface area contributed by atoms with E-state index in [1.807, 2.05) is 0 Å². The molecule has 1 saturated heterocycles. The number of carbonyl (C=O) groups excluding carboxylic acids is 3. The number of ether oxygens (including phenoxy) is 2. The summed E-state index contributed by atoms with van der Waals surface area (Å²) in [6, 6.07) is 7.71. The minimum atomic E-state index is -4.56. The number of halogens is 3. The summed E-state index contributed by atoms with van der Waals surface area (Å²) >= 11 is 0. The summed E-state index contributed by atoms with van der Waals surface area (Å²) in [5, 5.41) is 2.11. The van der Waals surface area contributed by atoms with Crippen LogP contribution in [0.5, 0.6) is 11.5 Å². The number of aldehydes is 1. The van der Waals surface area contributed by atoms with Crippen LogP contribution in [0.25, 0.3) is 0 Å². The van der Waals surface area contributed by atoms with Gasteiger partial charge in [0.1, 0.15) is 11.5 Å². The highest BCUT2D eigenvalue weighted by Crippen LogP contribution is 2.40. The molecule has 0 bridgehead atoms. The molecule has 1 unspecified atom stereocenters. The van der Waals surface area contributed by atoms with Gasteiger partial charge in [-0.15, -0.1) is 0 Å². The number of imide groups is 1. The molecule has 29 heavy (non-hydrogen) atoms. The topological polar surface area (TPSA) is 81.7 Å². The van der Waals surface area contributed by atoms with Gasteiger partial charge in [0.05, 0.1) is 11.1 Å². The lowest BCUT2D eigenvalue weighted by Crippen LogP contribution is -2.28. The summed E-state index contributed by atoms with van der Waals surface area (Å²) in [6.07, 6.45) is -4.68. The number of hydrogen-bond donors (Lipinski definition) is 1. The molecular formula is C20H14F3NO5. The van der Waals surface area contributed by atoms with E-state index in [2.05, 4.69) is 5.32 Å². The molecule has 0 aromatic heterocycles. The van der Waals surface area contributed by atoms with Crippen molar-refractivity contribution in [1.29, 1.82) is 0 Å². The Hall–Kier alpha value is -3.36. The summed E-state index contributed by atoms with van der Waals surface area (Å²) < 4.78 is 49.1. The number of nitrogens with one attached hydrogen (secondary N) is 1. The highest BCUT2D eigenvalue weighted by Gasteiger charge is 2.42. The molecule has 1 fully saturated rings. The van der Waals surface area contributed by atoms with Crippen molar-refractivity contribution < 1.29 is 37.0 Å². The Morgan fingerprint density at radius 1 is 1.14 bits per heavy atom. The Morgan fingerprint density at radius 2 is 1.93 bits per heavy atom. The summed E-state index contributed by atoms with van der Waals surface area (Å²) in [5.41, 5.74) is 0.568. The SMILES string of the molecule is O=Cc1cc(C(F)(F)F)ccc1Oc1ccc2c(c1)CC[C@H]2C1OC(=O)NC1=O. The molecule has 1 heterocycles. The predicted octanol–water partition coefficient (Wildman–Crippen LogP) is 3.98. The lowest BCUT2D eigenvalue weighted by atomic mass is 9.95. The summed E-state index contributed by atoms with van der Waals surface area (Å²) in [6.45, 7) is 0. The van der Waals surface area contributed by atoms with Crippen LogP contribution in [-0.4, -0.2) is 24.4 Å². The van der Waals surface area contributed by atoms with Gasteiger partial charge >= 0.3 is 12.3 Å². The molecule has 150 valence electrons. The van der Waals surface area contributed by atoms with Gasteiger partial charge in [-0.3, -0.25) is 14.9 Å². The van der Waals surface area contributed by atoms with Gasteiger partial charge in [-0.05, 0) is 54.3 Å². The Labute approximate surface area is 162 Å². The van der Waals surface area contributed by atoms with Crippen LogP contribution in [0.4, 0.5) is 18.0 Å². The van der Waals surface area contributed by atoms with E-state index in [0.29, 0.717) is 24.9 Å². The van der Waals surface area contributed by atoms with Gasteiger partial charge < -0.3 is 9.47 Å². The fraction of sp³-hybridized carbons (Fsp3) is 0.250. The maximum Gasteiger partial charge on any atom is 0.416 e. The molecule has 4 rings (SSSR count). The van der Waals surface area contributed by atoms with E-state index < -0.39 is 29.8 Å². The van der Waals surface area contributed by atoms with Crippen molar-refractivity contribution in [3.63, 3.8) is 0 Å². The van der Waals surface area contributed by atoms with Crippen molar-refractivity contribution in [2.24, 2.45) is 0 Å². The third-order valence-electron chi connectivity index (χ3n) is 5.01. The van der Waals surface area contributed by atoms with E-state index in [1.54, 1.807) is 18.2 Å². The van der Waals surface area contributed by atoms with Gasteiger partial charge in [0.15, 0.2) is 12.4 Å². The number of alkyl carbamates (subject to hydrolysis) is 1. The van der Waals surface area contributed by atoms with Crippen molar-refractivity contribution in [3.05, 3.63) is 58.7 Å². The van der Waals surface area contributed by atoms with Gasteiger partial charge in [-0.2, -0.15) is 13.2 Å². The summed E-state index contributed by atoms with van der Waals surface area (Å²) in [5.74, 6) is -0.401. The van der Waals surface area contributed by atoms with E-state index in [4.69, 9.17) is 9.47 Å². The molecule has 9 heteroatoms. The molecule has 0 saturated carbocycles. The molecule has 1 N–H and O–H groups in total. The molecular weight excluding hydrogens is 391 g/mol. The number of fused-ring (bicyclic) bond motifs is 1. The molecule has 2 aromatic carbocycles. The monoisotopic (exact) mass is 405 g/mol. The number of benzene rings is 2. The zero-order chi connectivity index (χ0) is 20.8. The summed E-state index contributed by atoms with van der Waals surface area (Å²) in [7, 11) is 0. The average Bonchev–Trinajstić information content (AvgIpc) is 3.22. The lowest BCUT2D eigenvalue weighted by Gasteiger charge is -2.16. The van der Waals surface area contributed by atoms with E-state index >= 15 is 0 Å². The minimum absolute atomic E-state index is 0.00611. The number of cyclic esters (lactones) is 1. The maximum atomic E-state index is 12.8. The molecule has 6 nitrogen and oxygen atoms in total. The van der Waals surface area contributed by atoms with E-state index in [9.17, 15) is 27.6 Å². The molecule has 2 aliphatic rings. The van der Waals surface area contributed by atoms with Crippen LogP contribution in [0.3, 0.4) is 0 Å². The fourth-order valence-corrected chi connectivity index (χ4v) is 3.68. The minimum Gasteiger partial charge on any atom is -0.457 e. The first-order valence-electron chi connectivity index (χ1n) is 8.75. The number of hydrogen-bond acceptors (Lipinski definition) is 5. The quantitative estimate of drug-likeness (QED) is 0.779. The van der Waals surface area contributed by atoms with Crippen molar-refractivity contribution in [2.45, 2.75) is 31.0 Å². The maximum absolute atomic E-state index is 12.8. The van der Waals surface area contributed by atoms with Gasteiger partial charge in [0.25, 0.3) is 5.91 Å². The number of aryl methyl sites for hydroxylation is 1. The number of amides is 2. The fourth-order valence-electron chi connectivity index (χ4n) is 3.68. The largest absolute Gasteiger partial charge is 0.457 e. The Balaban J connectivity index is 1.57. The van der Waals surface area contributed by atoms with Crippen LogP contribution < -0.4 is 10.1 Å². The van der Waals surface area contributed by atoms with E-state index in [1.165, 1.54) is 0 Å².